The molecule has 0 saturated carbocycles. The number of aryl methyl sites for hydroxylation is 1. The second-order valence-electron chi connectivity index (χ2n) is 4.03. The summed E-state index contributed by atoms with van der Waals surface area (Å²) in [5, 5.41) is 1.29. The van der Waals surface area contributed by atoms with Gasteiger partial charge in [0.25, 0.3) is 0 Å². The third-order valence-corrected chi connectivity index (χ3v) is 4.22. The summed E-state index contributed by atoms with van der Waals surface area (Å²) in [5.74, 6) is 0. The van der Waals surface area contributed by atoms with Crippen LogP contribution in [0.3, 0.4) is 0 Å². The molecule has 0 heterocycles. The second kappa shape index (κ2) is 7.58. The molecule has 0 aromatic heterocycles. The molecule has 1 aromatic carbocycles. The van der Waals surface area contributed by atoms with Gasteiger partial charge in [-0.05, 0) is 43.4 Å². The van der Waals surface area contributed by atoms with Gasteiger partial charge in [0.05, 0.1) is 10.0 Å². The van der Waals surface area contributed by atoms with Crippen LogP contribution < -0.4 is 0 Å². The SMILES string of the molecule is CCCC(Br)CCCc1ccc(Cl)c(Cl)c1. The number of rotatable bonds is 6. The third kappa shape index (κ3) is 5.07. The summed E-state index contributed by atoms with van der Waals surface area (Å²) >= 11 is 15.5. The Hall–Kier alpha value is 0.280. The fraction of sp³-hybridized carbons (Fsp3) is 0.538. The topological polar surface area (TPSA) is 0 Å². The number of alkyl halides is 1. The molecule has 0 aliphatic carbocycles. The molecule has 0 bridgehead atoms. The fourth-order valence-corrected chi connectivity index (χ4v) is 2.78. The monoisotopic (exact) mass is 322 g/mol. The Morgan fingerprint density at radius 3 is 2.56 bits per heavy atom. The van der Waals surface area contributed by atoms with E-state index < -0.39 is 0 Å². The molecule has 0 radical (unpaired) electrons. The Kier molecular flexibility index (Phi) is 6.79. The van der Waals surface area contributed by atoms with Gasteiger partial charge in [0.15, 0.2) is 0 Å². The molecule has 0 saturated heterocycles. The third-order valence-electron chi connectivity index (χ3n) is 2.57. The highest BCUT2D eigenvalue weighted by Gasteiger charge is 2.04. The minimum absolute atomic E-state index is 0.634. The summed E-state index contributed by atoms with van der Waals surface area (Å²) in [6.07, 6.45) is 5.97. The molecule has 0 aliphatic rings. The molecule has 0 nitrogen and oxygen atoms in total. The number of hydrogen-bond acceptors (Lipinski definition) is 0. The van der Waals surface area contributed by atoms with Crippen molar-refractivity contribution >= 4 is 39.1 Å². The van der Waals surface area contributed by atoms with Crippen molar-refractivity contribution in [1.29, 1.82) is 0 Å². The molecule has 16 heavy (non-hydrogen) atoms. The first-order chi connectivity index (χ1) is 7.63. The quantitative estimate of drug-likeness (QED) is 0.573. The van der Waals surface area contributed by atoms with Crippen molar-refractivity contribution in [2.24, 2.45) is 0 Å². The van der Waals surface area contributed by atoms with Crippen LogP contribution in [-0.2, 0) is 6.42 Å². The van der Waals surface area contributed by atoms with E-state index in [1.807, 2.05) is 12.1 Å². The fourth-order valence-electron chi connectivity index (χ4n) is 1.68. The average molecular weight is 324 g/mol. The summed E-state index contributed by atoms with van der Waals surface area (Å²) < 4.78 is 0. The van der Waals surface area contributed by atoms with Gasteiger partial charge in [-0.3, -0.25) is 0 Å². The van der Waals surface area contributed by atoms with Crippen molar-refractivity contribution in [1.82, 2.24) is 0 Å². The van der Waals surface area contributed by atoms with Crippen LogP contribution in [0.2, 0.25) is 10.0 Å². The molecule has 0 spiro atoms. The molecular weight excluding hydrogens is 307 g/mol. The first-order valence-electron chi connectivity index (χ1n) is 5.71. The van der Waals surface area contributed by atoms with Crippen LogP contribution >= 0.6 is 39.1 Å². The largest absolute Gasteiger partial charge is 0.0891 e. The number of benzene rings is 1. The Morgan fingerprint density at radius 1 is 1.19 bits per heavy atom. The van der Waals surface area contributed by atoms with E-state index in [1.54, 1.807) is 0 Å². The predicted octanol–water partition coefficient (Wildman–Crippen LogP) is 5.88. The van der Waals surface area contributed by atoms with E-state index in [4.69, 9.17) is 23.2 Å². The molecule has 0 N–H and O–H groups in total. The van der Waals surface area contributed by atoms with E-state index in [0.29, 0.717) is 14.9 Å². The lowest BCUT2D eigenvalue weighted by Gasteiger charge is -2.08. The minimum atomic E-state index is 0.634. The Labute approximate surface area is 116 Å². The van der Waals surface area contributed by atoms with Gasteiger partial charge in [-0.25, -0.2) is 0 Å². The van der Waals surface area contributed by atoms with E-state index in [9.17, 15) is 0 Å². The van der Waals surface area contributed by atoms with Crippen molar-refractivity contribution in [3.63, 3.8) is 0 Å². The predicted molar refractivity (Wildman–Crippen MR) is 77.0 cm³/mol. The van der Waals surface area contributed by atoms with Gasteiger partial charge in [-0.2, -0.15) is 0 Å². The van der Waals surface area contributed by atoms with Crippen LogP contribution in [0.1, 0.15) is 38.2 Å². The maximum absolute atomic E-state index is 5.96. The van der Waals surface area contributed by atoms with Crippen molar-refractivity contribution in [3.05, 3.63) is 33.8 Å². The van der Waals surface area contributed by atoms with Crippen molar-refractivity contribution in [2.45, 2.75) is 43.9 Å². The molecule has 0 fully saturated rings. The van der Waals surface area contributed by atoms with Gasteiger partial charge in [0.1, 0.15) is 0 Å². The zero-order valence-electron chi connectivity index (χ0n) is 9.48. The summed E-state index contributed by atoms with van der Waals surface area (Å²) in [6, 6.07) is 5.89. The van der Waals surface area contributed by atoms with E-state index in [1.165, 1.54) is 31.2 Å². The van der Waals surface area contributed by atoms with Crippen LogP contribution in [0.4, 0.5) is 0 Å². The van der Waals surface area contributed by atoms with Gasteiger partial charge >= 0.3 is 0 Å². The Balaban J connectivity index is 2.34. The van der Waals surface area contributed by atoms with Crippen molar-refractivity contribution in [3.8, 4) is 0 Å². The highest BCUT2D eigenvalue weighted by atomic mass is 79.9. The van der Waals surface area contributed by atoms with Crippen LogP contribution in [0, 0.1) is 0 Å². The molecule has 1 rings (SSSR count). The summed E-state index contributed by atoms with van der Waals surface area (Å²) in [7, 11) is 0. The molecule has 0 aliphatic heterocycles. The van der Waals surface area contributed by atoms with Crippen molar-refractivity contribution < 1.29 is 0 Å². The first kappa shape index (κ1) is 14.3. The molecule has 1 unspecified atom stereocenters. The average Bonchev–Trinajstić information content (AvgIpc) is 2.24. The van der Waals surface area contributed by atoms with E-state index in [2.05, 4.69) is 28.9 Å². The smallest absolute Gasteiger partial charge is 0.0595 e. The highest BCUT2D eigenvalue weighted by molar-refractivity contribution is 9.09. The Bertz CT molecular complexity index is 326. The lowest BCUT2D eigenvalue weighted by Crippen LogP contribution is -1.98. The lowest BCUT2D eigenvalue weighted by molar-refractivity contribution is 0.655. The maximum atomic E-state index is 5.96. The van der Waals surface area contributed by atoms with Crippen molar-refractivity contribution in [2.75, 3.05) is 0 Å². The number of halogens is 3. The molecule has 3 heteroatoms. The summed E-state index contributed by atoms with van der Waals surface area (Å²) in [5.41, 5.74) is 1.27. The van der Waals surface area contributed by atoms with Crippen LogP contribution in [0.15, 0.2) is 18.2 Å². The normalized spacial score (nSPS) is 12.8. The molecule has 0 amide bonds. The number of hydrogen-bond donors (Lipinski definition) is 0. The Morgan fingerprint density at radius 2 is 1.94 bits per heavy atom. The van der Waals surface area contributed by atoms with E-state index >= 15 is 0 Å². The molecule has 1 atom stereocenters. The minimum Gasteiger partial charge on any atom is -0.0891 e. The lowest BCUT2D eigenvalue weighted by atomic mass is 10.1. The van der Waals surface area contributed by atoms with Gasteiger partial charge in [0, 0.05) is 4.83 Å². The zero-order valence-corrected chi connectivity index (χ0v) is 12.6. The van der Waals surface area contributed by atoms with Crippen LogP contribution in [-0.4, -0.2) is 4.83 Å². The van der Waals surface area contributed by atoms with Gasteiger partial charge in [-0.15, -0.1) is 0 Å². The van der Waals surface area contributed by atoms with Gasteiger partial charge in [-0.1, -0.05) is 58.5 Å². The second-order valence-corrected chi connectivity index (χ2v) is 6.14. The van der Waals surface area contributed by atoms with Gasteiger partial charge in [0.2, 0.25) is 0 Å². The molecule has 90 valence electrons. The van der Waals surface area contributed by atoms with Crippen LogP contribution in [0.5, 0.6) is 0 Å². The molecule has 1 aromatic rings. The summed E-state index contributed by atoms with van der Waals surface area (Å²) in [6.45, 7) is 2.22. The summed E-state index contributed by atoms with van der Waals surface area (Å²) in [4.78, 5) is 0.653. The molecular formula is C13H17BrCl2. The highest BCUT2D eigenvalue weighted by Crippen LogP contribution is 2.24. The first-order valence-corrected chi connectivity index (χ1v) is 7.38. The van der Waals surface area contributed by atoms with Crippen LogP contribution in [0.25, 0.3) is 0 Å². The van der Waals surface area contributed by atoms with E-state index in [0.717, 1.165) is 6.42 Å². The zero-order chi connectivity index (χ0) is 12.0. The van der Waals surface area contributed by atoms with E-state index in [-0.39, 0.29) is 0 Å². The standard InChI is InChI=1S/C13H17BrCl2/c1-2-4-11(14)6-3-5-10-7-8-12(15)13(16)9-10/h7-9,11H,2-6H2,1H3. The van der Waals surface area contributed by atoms with Gasteiger partial charge < -0.3 is 0 Å². The maximum Gasteiger partial charge on any atom is 0.0595 e.